The second-order valence-corrected chi connectivity index (χ2v) is 3.88. The molecule has 0 aliphatic heterocycles. The average molecular weight is 203 g/mol. The molecular weight excluding hydrogens is 186 g/mol. The summed E-state index contributed by atoms with van der Waals surface area (Å²) in [6.07, 6.45) is 9.53. The first kappa shape index (κ1) is 10.1. The molecule has 1 aromatic rings. The van der Waals surface area contributed by atoms with E-state index in [1.54, 1.807) is 6.33 Å². The Morgan fingerprint density at radius 2 is 2.13 bits per heavy atom. The maximum Gasteiger partial charge on any atom is 0.133 e. The van der Waals surface area contributed by atoms with Gasteiger partial charge in [0.05, 0.1) is 0 Å². The number of nitrogens with one attached hydrogen (secondary N) is 1. The normalized spacial score (nSPS) is 15.2. The number of fused-ring (bicyclic) bond motifs is 1. The molecule has 80 valence electrons. The summed E-state index contributed by atoms with van der Waals surface area (Å²) in [5.41, 5.74) is 2.55. The van der Waals surface area contributed by atoms with Crippen LogP contribution in [-0.4, -0.2) is 16.5 Å². The third kappa shape index (κ3) is 2.35. The van der Waals surface area contributed by atoms with Crippen molar-refractivity contribution in [2.75, 3.05) is 11.9 Å². The van der Waals surface area contributed by atoms with Crippen LogP contribution in [0.4, 0.5) is 5.82 Å². The minimum Gasteiger partial charge on any atom is -0.366 e. The Hall–Kier alpha value is -1.38. The number of hydrogen-bond donors (Lipinski definition) is 1. The molecule has 15 heavy (non-hydrogen) atoms. The number of aromatic nitrogens is 2. The predicted octanol–water partition coefficient (Wildman–Crippen LogP) is 2.34. The lowest BCUT2D eigenvalue weighted by Crippen LogP contribution is -2.07. The van der Waals surface area contributed by atoms with E-state index in [4.69, 9.17) is 0 Å². The first-order chi connectivity index (χ1) is 7.42. The highest BCUT2D eigenvalue weighted by Gasteiger charge is 2.13. The van der Waals surface area contributed by atoms with Gasteiger partial charge in [-0.05, 0) is 25.7 Å². The Morgan fingerprint density at radius 1 is 1.27 bits per heavy atom. The lowest BCUT2D eigenvalue weighted by Gasteiger charge is -2.10. The molecule has 1 aliphatic rings. The number of rotatable bonds is 3. The zero-order valence-corrected chi connectivity index (χ0v) is 9.00. The maximum absolute atomic E-state index is 4.37. The fraction of sp³-hybridized carbons (Fsp3) is 0.500. The molecule has 0 fully saturated rings. The first-order valence-electron chi connectivity index (χ1n) is 5.59. The van der Waals surface area contributed by atoms with Crippen LogP contribution in [-0.2, 0) is 12.8 Å². The summed E-state index contributed by atoms with van der Waals surface area (Å²) in [7, 11) is 0. The zero-order chi connectivity index (χ0) is 10.5. The monoisotopic (exact) mass is 203 g/mol. The summed E-state index contributed by atoms with van der Waals surface area (Å²) in [6, 6.07) is 0. The van der Waals surface area contributed by atoms with Crippen LogP contribution >= 0.6 is 0 Å². The molecule has 1 heterocycles. The van der Waals surface area contributed by atoms with Crippen LogP contribution in [0.2, 0.25) is 0 Å². The second kappa shape index (κ2) is 4.91. The topological polar surface area (TPSA) is 37.8 Å². The molecule has 0 unspecified atom stereocenters. The summed E-state index contributed by atoms with van der Waals surface area (Å²) in [5, 5.41) is 3.28. The van der Waals surface area contributed by atoms with Gasteiger partial charge < -0.3 is 5.32 Å². The smallest absolute Gasteiger partial charge is 0.133 e. The van der Waals surface area contributed by atoms with E-state index in [0.717, 1.165) is 25.2 Å². The van der Waals surface area contributed by atoms with Gasteiger partial charge in [-0.2, -0.15) is 0 Å². The van der Waals surface area contributed by atoms with Crippen LogP contribution < -0.4 is 5.32 Å². The van der Waals surface area contributed by atoms with E-state index in [9.17, 15) is 0 Å². The molecule has 3 heteroatoms. The number of anilines is 1. The Labute approximate surface area is 90.6 Å². The fourth-order valence-electron chi connectivity index (χ4n) is 2.02. The number of hydrogen-bond acceptors (Lipinski definition) is 3. The lowest BCUT2D eigenvalue weighted by atomic mass is 10.1. The van der Waals surface area contributed by atoms with E-state index in [2.05, 4.69) is 21.9 Å². The third-order valence-corrected chi connectivity index (χ3v) is 2.79. The van der Waals surface area contributed by atoms with Crippen molar-refractivity contribution in [3.8, 4) is 0 Å². The number of nitrogens with zero attached hydrogens (tertiary/aromatic N) is 2. The molecule has 3 nitrogen and oxygen atoms in total. The second-order valence-electron chi connectivity index (χ2n) is 3.88. The van der Waals surface area contributed by atoms with Gasteiger partial charge in [0.1, 0.15) is 12.1 Å². The predicted molar refractivity (Wildman–Crippen MR) is 62.0 cm³/mol. The molecule has 2 rings (SSSR count). The molecule has 0 amide bonds. The van der Waals surface area contributed by atoms with E-state index in [1.807, 2.05) is 6.08 Å². The molecule has 0 saturated carbocycles. The van der Waals surface area contributed by atoms with E-state index in [1.165, 1.54) is 30.5 Å². The van der Waals surface area contributed by atoms with Crippen LogP contribution in [0, 0.1) is 0 Å². The molecule has 0 radical (unpaired) electrons. The Kier molecular flexibility index (Phi) is 3.33. The Balaban J connectivity index is 2.25. The molecule has 0 bridgehead atoms. The minimum absolute atomic E-state index is 0.767. The van der Waals surface area contributed by atoms with E-state index < -0.39 is 0 Å². The van der Waals surface area contributed by atoms with Crippen LogP contribution in [0.5, 0.6) is 0 Å². The van der Waals surface area contributed by atoms with Gasteiger partial charge in [-0.15, -0.1) is 6.58 Å². The van der Waals surface area contributed by atoms with Crippen LogP contribution in [0.1, 0.15) is 30.5 Å². The van der Waals surface area contributed by atoms with Crippen molar-refractivity contribution in [3.63, 3.8) is 0 Å². The largest absolute Gasteiger partial charge is 0.366 e. The van der Waals surface area contributed by atoms with E-state index in [-0.39, 0.29) is 0 Å². The van der Waals surface area contributed by atoms with Gasteiger partial charge >= 0.3 is 0 Å². The van der Waals surface area contributed by atoms with Gasteiger partial charge in [0, 0.05) is 17.8 Å². The van der Waals surface area contributed by atoms with Crippen LogP contribution in [0.3, 0.4) is 0 Å². The Morgan fingerprint density at radius 3 is 3.00 bits per heavy atom. The molecule has 0 atom stereocenters. The maximum atomic E-state index is 4.37. The molecule has 0 saturated heterocycles. The van der Waals surface area contributed by atoms with Gasteiger partial charge in [-0.1, -0.05) is 12.5 Å². The van der Waals surface area contributed by atoms with Crippen molar-refractivity contribution in [2.24, 2.45) is 0 Å². The summed E-state index contributed by atoms with van der Waals surface area (Å²) >= 11 is 0. The van der Waals surface area contributed by atoms with Gasteiger partial charge in [-0.3, -0.25) is 0 Å². The lowest BCUT2D eigenvalue weighted by molar-refractivity contribution is 0.709. The quantitative estimate of drug-likeness (QED) is 0.605. The SMILES string of the molecule is C=CCNc1ncnc2c1CCCCC2. The number of aryl methyl sites for hydroxylation is 1. The molecule has 1 aliphatic carbocycles. The van der Waals surface area contributed by atoms with Crippen molar-refractivity contribution in [1.82, 2.24) is 9.97 Å². The summed E-state index contributed by atoms with van der Waals surface area (Å²) < 4.78 is 0. The summed E-state index contributed by atoms with van der Waals surface area (Å²) in [6.45, 7) is 4.47. The fourth-order valence-corrected chi connectivity index (χ4v) is 2.02. The molecule has 0 aromatic carbocycles. The average Bonchev–Trinajstić information content (AvgIpc) is 2.51. The van der Waals surface area contributed by atoms with Crippen LogP contribution in [0.15, 0.2) is 19.0 Å². The van der Waals surface area contributed by atoms with Crippen molar-refractivity contribution >= 4 is 5.82 Å². The zero-order valence-electron chi connectivity index (χ0n) is 9.00. The standard InChI is InChI=1S/C12H17N3/c1-2-8-13-12-10-6-4-3-5-7-11(10)14-9-15-12/h2,9H,1,3-8H2,(H,13,14,15). The summed E-state index contributed by atoms with van der Waals surface area (Å²) in [5.74, 6) is 1.00. The van der Waals surface area contributed by atoms with Gasteiger partial charge in [0.15, 0.2) is 0 Å². The highest BCUT2D eigenvalue weighted by Crippen LogP contribution is 2.23. The van der Waals surface area contributed by atoms with Crippen molar-refractivity contribution in [1.29, 1.82) is 0 Å². The van der Waals surface area contributed by atoms with Crippen molar-refractivity contribution in [2.45, 2.75) is 32.1 Å². The molecule has 0 spiro atoms. The van der Waals surface area contributed by atoms with Crippen molar-refractivity contribution < 1.29 is 0 Å². The van der Waals surface area contributed by atoms with Crippen LogP contribution in [0.25, 0.3) is 0 Å². The minimum atomic E-state index is 0.767. The van der Waals surface area contributed by atoms with E-state index >= 15 is 0 Å². The Bertz CT molecular complexity index is 347. The molecular formula is C12H17N3. The van der Waals surface area contributed by atoms with E-state index in [0.29, 0.717) is 0 Å². The van der Waals surface area contributed by atoms with Gasteiger partial charge in [0.2, 0.25) is 0 Å². The van der Waals surface area contributed by atoms with Crippen molar-refractivity contribution in [3.05, 3.63) is 30.2 Å². The van der Waals surface area contributed by atoms with Gasteiger partial charge in [0.25, 0.3) is 0 Å². The van der Waals surface area contributed by atoms with Gasteiger partial charge in [-0.25, -0.2) is 9.97 Å². The highest BCUT2D eigenvalue weighted by atomic mass is 15.0. The summed E-state index contributed by atoms with van der Waals surface area (Å²) in [4.78, 5) is 8.67. The first-order valence-corrected chi connectivity index (χ1v) is 5.59. The third-order valence-electron chi connectivity index (χ3n) is 2.79. The molecule has 1 aromatic heterocycles. The molecule has 1 N–H and O–H groups in total. The highest BCUT2D eigenvalue weighted by molar-refractivity contribution is 5.46.